The highest BCUT2D eigenvalue weighted by Gasteiger charge is 2.46. The lowest BCUT2D eigenvalue weighted by Crippen LogP contribution is -2.53. The predicted molar refractivity (Wildman–Crippen MR) is 134 cm³/mol. The number of amides is 1. The number of nitrogens with zero attached hydrogens (tertiary/aromatic N) is 5. The van der Waals surface area contributed by atoms with Crippen molar-refractivity contribution in [1.82, 2.24) is 24.5 Å². The van der Waals surface area contributed by atoms with Gasteiger partial charge in [-0.25, -0.2) is 14.1 Å². The van der Waals surface area contributed by atoms with Crippen LogP contribution < -0.4 is 15.6 Å². The van der Waals surface area contributed by atoms with E-state index in [0.29, 0.717) is 19.0 Å². The van der Waals surface area contributed by atoms with Gasteiger partial charge in [0.15, 0.2) is 23.2 Å². The van der Waals surface area contributed by atoms with Crippen LogP contribution in [0.1, 0.15) is 46.5 Å². The van der Waals surface area contributed by atoms with Gasteiger partial charge in [0.1, 0.15) is 11.6 Å². The molecule has 12 heteroatoms. The van der Waals surface area contributed by atoms with Gasteiger partial charge in [-0.2, -0.15) is 10.2 Å². The number of anilines is 1. The second-order valence-electron chi connectivity index (χ2n) is 10.3. The van der Waals surface area contributed by atoms with Crippen molar-refractivity contribution in [3.63, 3.8) is 0 Å². The van der Waals surface area contributed by atoms with E-state index in [2.05, 4.69) is 20.5 Å². The Labute approximate surface area is 218 Å². The summed E-state index contributed by atoms with van der Waals surface area (Å²) in [6.45, 7) is 6.36. The number of hydrogen-bond acceptors (Lipinski definition) is 8. The zero-order chi connectivity index (χ0) is 26.9. The third-order valence-corrected chi connectivity index (χ3v) is 7.10. The van der Waals surface area contributed by atoms with Crippen LogP contribution in [0.2, 0.25) is 0 Å². The summed E-state index contributed by atoms with van der Waals surface area (Å²) in [5, 5.41) is 11.6. The van der Waals surface area contributed by atoms with E-state index in [-0.39, 0.29) is 23.7 Å². The van der Waals surface area contributed by atoms with Crippen LogP contribution in [0.25, 0.3) is 0 Å². The monoisotopic (exact) mass is 526 g/mol. The van der Waals surface area contributed by atoms with Crippen LogP contribution in [0.15, 0.2) is 47.7 Å². The molecule has 0 bridgehead atoms. The molecule has 1 saturated carbocycles. The van der Waals surface area contributed by atoms with Gasteiger partial charge in [-0.15, -0.1) is 0 Å². The van der Waals surface area contributed by atoms with Gasteiger partial charge in [0.25, 0.3) is 17.3 Å². The van der Waals surface area contributed by atoms with Crippen molar-refractivity contribution >= 4 is 11.7 Å². The standard InChI is InChI=1S/C26H31FN6O5/c1-25(2)36-16-19(38-25)15-32-12-10-21(31-32)30-24(35)26(3,17-7-4-5-8-17)33-22(34)13-18(14-29-33)37-23-20(27)9-6-11-28-23/h6,9-14,17,19H,4-5,7-8,15-16H2,1-3H3,(H,30,31,35)/t19-,26?/m1/s1. The Morgan fingerprint density at radius 1 is 1.32 bits per heavy atom. The first-order valence-electron chi connectivity index (χ1n) is 12.7. The lowest BCUT2D eigenvalue weighted by Gasteiger charge is -2.34. The maximum atomic E-state index is 13.9. The van der Waals surface area contributed by atoms with Gasteiger partial charge in [0.05, 0.1) is 19.3 Å². The zero-order valence-electron chi connectivity index (χ0n) is 21.6. The van der Waals surface area contributed by atoms with E-state index in [0.717, 1.165) is 25.7 Å². The van der Waals surface area contributed by atoms with Gasteiger partial charge in [-0.05, 0) is 51.7 Å². The van der Waals surface area contributed by atoms with Crippen LogP contribution in [-0.2, 0) is 26.4 Å². The first-order valence-corrected chi connectivity index (χ1v) is 12.7. The number of aromatic nitrogens is 5. The van der Waals surface area contributed by atoms with E-state index in [1.807, 2.05) is 13.8 Å². The molecular formula is C26H31FN6O5. The van der Waals surface area contributed by atoms with E-state index in [1.165, 1.54) is 35.3 Å². The Balaban J connectivity index is 1.36. The summed E-state index contributed by atoms with van der Waals surface area (Å²) in [5.41, 5.74) is -1.83. The molecule has 1 N–H and O–H groups in total. The predicted octanol–water partition coefficient (Wildman–Crippen LogP) is 3.46. The molecule has 3 aromatic heterocycles. The second kappa shape index (κ2) is 10.3. The molecule has 1 saturated heterocycles. The minimum atomic E-state index is -1.28. The molecule has 1 amide bonds. The van der Waals surface area contributed by atoms with E-state index in [9.17, 15) is 14.0 Å². The van der Waals surface area contributed by atoms with Crippen LogP contribution in [0, 0.1) is 11.7 Å². The Morgan fingerprint density at radius 2 is 2.11 bits per heavy atom. The van der Waals surface area contributed by atoms with Gasteiger partial charge in [0, 0.05) is 24.5 Å². The molecule has 0 spiro atoms. The third kappa shape index (κ3) is 5.32. The molecule has 0 aromatic carbocycles. The highest BCUT2D eigenvalue weighted by atomic mass is 19.1. The molecule has 2 fully saturated rings. The lowest BCUT2D eigenvalue weighted by molar-refractivity contribution is -0.139. The number of pyridine rings is 1. The van der Waals surface area contributed by atoms with Gasteiger partial charge >= 0.3 is 0 Å². The topological polar surface area (TPSA) is 122 Å². The van der Waals surface area contributed by atoms with E-state index in [4.69, 9.17) is 14.2 Å². The van der Waals surface area contributed by atoms with E-state index < -0.39 is 28.6 Å². The summed E-state index contributed by atoms with van der Waals surface area (Å²) in [5.74, 6) is -1.69. The summed E-state index contributed by atoms with van der Waals surface area (Å²) in [7, 11) is 0. The summed E-state index contributed by atoms with van der Waals surface area (Å²) in [6.07, 6.45) is 7.73. The summed E-state index contributed by atoms with van der Waals surface area (Å²) >= 11 is 0. The molecular weight excluding hydrogens is 495 g/mol. The molecule has 2 aliphatic rings. The highest BCUT2D eigenvalue weighted by molar-refractivity contribution is 5.95. The van der Waals surface area contributed by atoms with Crippen molar-refractivity contribution in [3.8, 4) is 11.6 Å². The van der Waals surface area contributed by atoms with Crippen LogP contribution in [-0.4, -0.2) is 49.0 Å². The van der Waals surface area contributed by atoms with E-state index >= 15 is 0 Å². The lowest BCUT2D eigenvalue weighted by atomic mass is 9.83. The van der Waals surface area contributed by atoms with Crippen molar-refractivity contribution in [2.45, 2.75) is 70.4 Å². The van der Waals surface area contributed by atoms with Gasteiger partial charge < -0.3 is 19.5 Å². The Bertz CT molecular complexity index is 1370. The summed E-state index contributed by atoms with van der Waals surface area (Å²) < 4.78 is 33.7. The number of rotatable bonds is 8. The van der Waals surface area contributed by atoms with Crippen molar-refractivity contribution in [2.24, 2.45) is 5.92 Å². The smallest absolute Gasteiger partial charge is 0.271 e. The zero-order valence-corrected chi connectivity index (χ0v) is 21.6. The van der Waals surface area contributed by atoms with Crippen LogP contribution >= 0.6 is 0 Å². The molecule has 2 atom stereocenters. The molecule has 202 valence electrons. The van der Waals surface area contributed by atoms with Crippen LogP contribution in [0.4, 0.5) is 10.2 Å². The summed E-state index contributed by atoms with van der Waals surface area (Å²) in [6, 6.07) is 5.52. The van der Waals surface area contributed by atoms with Crippen molar-refractivity contribution in [2.75, 3.05) is 11.9 Å². The number of ether oxygens (including phenoxy) is 3. The Kier molecular flexibility index (Phi) is 7.01. The Morgan fingerprint density at radius 3 is 2.79 bits per heavy atom. The summed E-state index contributed by atoms with van der Waals surface area (Å²) in [4.78, 5) is 30.8. The van der Waals surface area contributed by atoms with Crippen molar-refractivity contribution in [3.05, 3.63) is 59.0 Å². The fourth-order valence-corrected chi connectivity index (χ4v) is 5.13. The molecule has 1 aliphatic heterocycles. The Hall–Kier alpha value is -3.64. The molecule has 5 rings (SSSR count). The largest absolute Gasteiger partial charge is 0.435 e. The first kappa shape index (κ1) is 26.0. The number of carbonyl (C=O) groups excluding carboxylic acids is 1. The first-order chi connectivity index (χ1) is 18.1. The number of nitrogens with one attached hydrogen (secondary N) is 1. The molecule has 0 radical (unpaired) electrons. The molecule has 38 heavy (non-hydrogen) atoms. The average molecular weight is 527 g/mol. The van der Waals surface area contributed by atoms with E-state index in [1.54, 1.807) is 23.9 Å². The molecule has 3 aromatic rings. The molecule has 1 unspecified atom stereocenters. The second-order valence-corrected chi connectivity index (χ2v) is 10.3. The van der Waals surface area contributed by atoms with Gasteiger partial charge in [-0.3, -0.25) is 14.3 Å². The van der Waals surface area contributed by atoms with Crippen molar-refractivity contribution < 1.29 is 23.4 Å². The number of hydrogen-bond donors (Lipinski definition) is 1. The number of halogens is 1. The highest BCUT2D eigenvalue weighted by Crippen LogP contribution is 2.39. The molecule has 1 aliphatic carbocycles. The minimum Gasteiger partial charge on any atom is -0.435 e. The fraction of sp³-hybridized carbons (Fsp3) is 0.500. The average Bonchev–Trinajstić information content (AvgIpc) is 3.63. The van der Waals surface area contributed by atoms with Gasteiger partial charge in [-0.1, -0.05) is 12.8 Å². The maximum absolute atomic E-state index is 13.9. The van der Waals surface area contributed by atoms with Crippen LogP contribution in [0.5, 0.6) is 11.6 Å². The third-order valence-electron chi connectivity index (χ3n) is 7.10. The minimum absolute atomic E-state index is 0.0260. The molecule has 4 heterocycles. The normalized spacial score (nSPS) is 20.8. The SMILES string of the molecule is CC1(C)OC[C@@H](Cn2ccc(NC(=O)C(C)(C3CCCC3)n3ncc(Oc4ncccc4F)cc3=O)n2)O1. The number of carbonyl (C=O) groups is 1. The maximum Gasteiger partial charge on any atom is 0.271 e. The van der Waals surface area contributed by atoms with Crippen LogP contribution in [0.3, 0.4) is 0 Å². The molecule has 11 nitrogen and oxygen atoms in total. The fourth-order valence-electron chi connectivity index (χ4n) is 5.13. The van der Waals surface area contributed by atoms with Gasteiger partial charge in [0.2, 0.25) is 0 Å². The van der Waals surface area contributed by atoms with Crippen molar-refractivity contribution in [1.29, 1.82) is 0 Å². The quantitative estimate of drug-likeness (QED) is 0.474.